The minimum Gasteiger partial charge on any atom is -0.508 e. The molecule has 0 saturated carbocycles. The molecule has 4 aromatic rings. The highest BCUT2D eigenvalue weighted by Gasteiger charge is 2.45. The number of phenols is 1. The van der Waals surface area contributed by atoms with Crippen LogP contribution in [0, 0.1) is 5.82 Å². The minimum atomic E-state index is -0.313. The second kappa shape index (κ2) is 8.25. The van der Waals surface area contributed by atoms with Crippen LogP contribution in [0.3, 0.4) is 0 Å². The van der Waals surface area contributed by atoms with Crippen LogP contribution in [0.25, 0.3) is 22.3 Å². The molecular weight excluding hydrogens is 457 g/mol. The third kappa shape index (κ3) is 3.61. The Balaban J connectivity index is 1.07. The first-order chi connectivity index (χ1) is 17.5. The molecule has 0 aliphatic carbocycles. The number of phenolic OH excluding ortho intramolecular Hbond substituents is 1. The molecule has 2 unspecified atom stereocenters. The van der Waals surface area contributed by atoms with Crippen LogP contribution in [-0.4, -0.2) is 80.2 Å². The van der Waals surface area contributed by atoms with Crippen LogP contribution in [0.1, 0.15) is 23.6 Å². The minimum absolute atomic E-state index is 0.156. The van der Waals surface area contributed by atoms with Crippen molar-refractivity contribution in [1.29, 1.82) is 0 Å². The van der Waals surface area contributed by atoms with Crippen LogP contribution < -0.4 is 4.90 Å². The lowest BCUT2D eigenvalue weighted by atomic mass is 9.86. The van der Waals surface area contributed by atoms with E-state index in [0.29, 0.717) is 30.1 Å². The number of piperidine rings is 1. The summed E-state index contributed by atoms with van der Waals surface area (Å²) in [6.45, 7) is 4.43. The van der Waals surface area contributed by atoms with Gasteiger partial charge in [-0.3, -0.25) is 4.90 Å². The Labute approximate surface area is 208 Å². The first-order valence-electron chi connectivity index (χ1n) is 12.5. The first kappa shape index (κ1) is 21.7. The predicted molar refractivity (Wildman–Crippen MR) is 135 cm³/mol. The van der Waals surface area contributed by atoms with Gasteiger partial charge in [0.05, 0.1) is 5.69 Å². The van der Waals surface area contributed by atoms with Gasteiger partial charge in [0.2, 0.25) is 0 Å². The number of likely N-dealkylation sites (tertiary alicyclic amines) is 1. The maximum Gasteiger partial charge on any atom is 0.141 e. The fourth-order valence-electron chi connectivity index (χ4n) is 6.03. The third-order valence-corrected chi connectivity index (χ3v) is 8.03. The number of halogens is 1. The number of anilines is 1. The number of pyridine rings is 1. The molecule has 9 heteroatoms. The quantitative estimate of drug-likeness (QED) is 0.449. The molecule has 8 nitrogen and oxygen atoms in total. The topological polar surface area (TPSA) is 84.4 Å². The lowest BCUT2D eigenvalue weighted by Crippen LogP contribution is -2.68. The van der Waals surface area contributed by atoms with Gasteiger partial charge in [0.25, 0.3) is 0 Å². The van der Waals surface area contributed by atoms with Crippen molar-refractivity contribution in [3.05, 3.63) is 66.0 Å². The van der Waals surface area contributed by atoms with E-state index in [2.05, 4.69) is 54.9 Å². The van der Waals surface area contributed by atoms with Crippen molar-refractivity contribution < 1.29 is 9.50 Å². The Kier molecular flexibility index (Phi) is 4.97. The largest absolute Gasteiger partial charge is 0.508 e. The summed E-state index contributed by atoms with van der Waals surface area (Å²) in [6.07, 6.45) is 4.64. The fourth-order valence-corrected chi connectivity index (χ4v) is 6.03. The monoisotopic (exact) mass is 485 g/mol. The molecule has 8 rings (SSSR count). The Hall–Kier alpha value is -3.56. The Bertz CT molecular complexity index is 1420. The van der Waals surface area contributed by atoms with Gasteiger partial charge in [0, 0.05) is 79.1 Å². The zero-order chi connectivity index (χ0) is 24.4. The second-order valence-electron chi connectivity index (χ2n) is 10.4. The summed E-state index contributed by atoms with van der Waals surface area (Å²) in [7, 11) is 2.14. The van der Waals surface area contributed by atoms with Crippen molar-refractivity contribution in [3.63, 3.8) is 0 Å². The number of rotatable bonds is 5. The van der Waals surface area contributed by atoms with E-state index in [-0.39, 0.29) is 11.6 Å². The van der Waals surface area contributed by atoms with E-state index in [1.165, 1.54) is 23.9 Å². The molecule has 0 radical (unpaired) electrons. The molecule has 4 saturated heterocycles. The van der Waals surface area contributed by atoms with Crippen molar-refractivity contribution in [2.45, 2.75) is 31.0 Å². The highest BCUT2D eigenvalue weighted by molar-refractivity contribution is 5.91. The summed E-state index contributed by atoms with van der Waals surface area (Å²) in [5.74, 6) is 1.32. The number of H-pyrrole nitrogens is 1. The summed E-state index contributed by atoms with van der Waals surface area (Å²) in [5, 5.41) is 11.1. The van der Waals surface area contributed by atoms with E-state index < -0.39 is 0 Å². The standard InChI is InChI=1S/C27H28FN7O/c1-33-10-18(11-33)23-8-22-26(30-15-31-27(22)32-23)16-2-5-25(29-9-16)34-13-20-7-21(14-34)35(20)12-17-6-19(28)3-4-24(17)36/h2-6,8-9,15,18,20-21,36H,7,10-14H2,1H3,(H,30,31,32). The van der Waals surface area contributed by atoms with E-state index in [0.717, 1.165) is 60.7 Å². The molecule has 3 aromatic heterocycles. The molecule has 2 N–H and O–H groups in total. The Morgan fingerprint density at radius 1 is 1.03 bits per heavy atom. The van der Waals surface area contributed by atoms with E-state index in [9.17, 15) is 9.50 Å². The highest BCUT2D eigenvalue weighted by Crippen LogP contribution is 2.37. The lowest BCUT2D eigenvalue weighted by molar-refractivity contribution is -0.00921. The Morgan fingerprint density at radius 3 is 2.61 bits per heavy atom. The molecule has 4 fully saturated rings. The zero-order valence-corrected chi connectivity index (χ0v) is 20.1. The SMILES string of the molecule is CN1CC(c2cc3c(-c4ccc(N5CC6CC(C5)N6Cc5cc(F)ccc5O)nc4)ncnc3[nH]2)C1. The third-order valence-electron chi connectivity index (χ3n) is 8.03. The van der Waals surface area contributed by atoms with Crippen molar-refractivity contribution in [2.75, 3.05) is 38.1 Å². The maximum absolute atomic E-state index is 13.6. The smallest absolute Gasteiger partial charge is 0.141 e. The van der Waals surface area contributed by atoms with Crippen molar-refractivity contribution in [2.24, 2.45) is 0 Å². The van der Waals surface area contributed by atoms with E-state index in [4.69, 9.17) is 4.98 Å². The molecular formula is C27H28FN7O. The number of nitrogens with one attached hydrogen (secondary N) is 1. The number of benzene rings is 1. The van der Waals surface area contributed by atoms with Crippen molar-refractivity contribution >= 4 is 16.9 Å². The van der Waals surface area contributed by atoms with Gasteiger partial charge in [0.1, 0.15) is 29.4 Å². The molecule has 7 heterocycles. The average molecular weight is 486 g/mol. The zero-order valence-electron chi connectivity index (χ0n) is 20.1. The summed E-state index contributed by atoms with van der Waals surface area (Å²) in [4.78, 5) is 24.3. The summed E-state index contributed by atoms with van der Waals surface area (Å²) < 4.78 is 13.6. The molecule has 36 heavy (non-hydrogen) atoms. The molecule has 1 aromatic carbocycles. The van der Waals surface area contributed by atoms with Gasteiger partial charge in [-0.05, 0) is 49.9 Å². The number of piperazine rings is 1. The molecule has 184 valence electrons. The average Bonchev–Trinajstić information content (AvgIpc) is 3.31. The van der Waals surface area contributed by atoms with Gasteiger partial charge in [0.15, 0.2) is 0 Å². The molecule has 0 spiro atoms. The van der Waals surface area contributed by atoms with Crippen LogP contribution in [0.2, 0.25) is 0 Å². The van der Waals surface area contributed by atoms with Gasteiger partial charge in [-0.15, -0.1) is 0 Å². The highest BCUT2D eigenvalue weighted by atomic mass is 19.1. The predicted octanol–water partition coefficient (Wildman–Crippen LogP) is 3.36. The van der Waals surface area contributed by atoms with Gasteiger partial charge in [-0.2, -0.15) is 0 Å². The normalized spacial score (nSPS) is 22.6. The molecule has 4 aliphatic rings. The summed E-state index contributed by atoms with van der Waals surface area (Å²) in [5.41, 5.74) is 4.62. The molecule has 2 atom stereocenters. The Morgan fingerprint density at radius 2 is 1.86 bits per heavy atom. The first-order valence-corrected chi connectivity index (χ1v) is 12.5. The van der Waals surface area contributed by atoms with Crippen LogP contribution in [0.5, 0.6) is 5.75 Å². The number of aromatic amines is 1. The molecule has 0 amide bonds. The van der Waals surface area contributed by atoms with Crippen molar-refractivity contribution in [1.82, 2.24) is 29.7 Å². The van der Waals surface area contributed by atoms with Crippen molar-refractivity contribution in [3.8, 4) is 17.0 Å². The van der Waals surface area contributed by atoms with Crippen LogP contribution in [-0.2, 0) is 6.54 Å². The number of aromatic nitrogens is 4. The lowest BCUT2D eigenvalue weighted by Gasteiger charge is -2.56. The second-order valence-corrected chi connectivity index (χ2v) is 10.4. The molecule has 2 bridgehead atoms. The fraction of sp³-hybridized carbons (Fsp3) is 0.370. The van der Waals surface area contributed by atoms with Crippen LogP contribution in [0.4, 0.5) is 10.2 Å². The summed E-state index contributed by atoms with van der Waals surface area (Å²) >= 11 is 0. The van der Waals surface area contributed by atoms with Gasteiger partial charge < -0.3 is 19.9 Å². The van der Waals surface area contributed by atoms with E-state index in [1.54, 1.807) is 6.33 Å². The number of likely N-dealkylation sites (N-methyl/N-ethyl adjacent to an activating group) is 1. The van der Waals surface area contributed by atoms with Crippen LogP contribution in [0.15, 0.2) is 48.9 Å². The molecule has 4 aliphatic heterocycles. The number of fused-ring (bicyclic) bond motifs is 3. The van der Waals surface area contributed by atoms with E-state index >= 15 is 0 Å². The van der Waals surface area contributed by atoms with E-state index in [1.807, 2.05) is 6.20 Å². The van der Waals surface area contributed by atoms with Gasteiger partial charge >= 0.3 is 0 Å². The van der Waals surface area contributed by atoms with Gasteiger partial charge in [-0.1, -0.05) is 0 Å². The maximum atomic E-state index is 13.6. The van der Waals surface area contributed by atoms with Gasteiger partial charge in [-0.25, -0.2) is 19.3 Å². The number of nitrogens with zero attached hydrogens (tertiary/aromatic N) is 6. The number of hydrogen-bond donors (Lipinski definition) is 2. The number of aromatic hydroxyl groups is 1. The summed E-state index contributed by atoms with van der Waals surface area (Å²) in [6, 6.07) is 11.3. The number of hydrogen-bond acceptors (Lipinski definition) is 7. The van der Waals surface area contributed by atoms with Crippen LogP contribution >= 0.6 is 0 Å².